The molecule has 2 bridgehead atoms. The molecular formula is C16H21NO. The number of hydrogen-bond donors (Lipinski definition) is 0. The van der Waals surface area contributed by atoms with Crippen molar-refractivity contribution < 1.29 is 4.79 Å². The topological polar surface area (TPSA) is 20.3 Å². The van der Waals surface area contributed by atoms with Gasteiger partial charge >= 0.3 is 0 Å². The van der Waals surface area contributed by atoms with Crippen molar-refractivity contribution >= 4 is 5.78 Å². The number of hydrogen-bond acceptors (Lipinski definition) is 2. The normalized spacial score (nSPS) is 35.7. The molecule has 0 unspecified atom stereocenters. The highest BCUT2D eigenvalue weighted by Gasteiger charge is 2.47. The van der Waals surface area contributed by atoms with Crippen LogP contribution in [0, 0.1) is 5.92 Å². The fourth-order valence-corrected chi connectivity index (χ4v) is 4.01. The van der Waals surface area contributed by atoms with E-state index in [1.807, 2.05) is 0 Å². The van der Waals surface area contributed by atoms with Crippen LogP contribution in [-0.4, -0.2) is 29.8 Å². The summed E-state index contributed by atoms with van der Waals surface area (Å²) in [7, 11) is 2.23. The van der Waals surface area contributed by atoms with Crippen molar-refractivity contribution in [1.29, 1.82) is 0 Å². The molecule has 2 nitrogen and oxygen atoms in total. The van der Waals surface area contributed by atoms with Crippen molar-refractivity contribution in [2.45, 2.75) is 44.2 Å². The van der Waals surface area contributed by atoms with Crippen molar-refractivity contribution in [3.8, 4) is 0 Å². The van der Waals surface area contributed by atoms with Gasteiger partial charge in [0.25, 0.3) is 0 Å². The zero-order valence-electron chi connectivity index (χ0n) is 11.2. The molecule has 0 spiro atoms. The third-order valence-corrected chi connectivity index (χ3v) is 4.98. The molecule has 18 heavy (non-hydrogen) atoms. The van der Waals surface area contributed by atoms with Gasteiger partial charge in [0, 0.05) is 23.9 Å². The first-order valence-electron chi connectivity index (χ1n) is 6.96. The Hall–Kier alpha value is -1.15. The number of Topliss-reactive ketones (excluding diaryl/α,β-unsaturated/α-hetero) is 1. The van der Waals surface area contributed by atoms with E-state index in [0.717, 1.165) is 6.42 Å². The third-order valence-electron chi connectivity index (χ3n) is 4.98. The van der Waals surface area contributed by atoms with Gasteiger partial charge in [-0.2, -0.15) is 0 Å². The van der Waals surface area contributed by atoms with E-state index in [9.17, 15) is 4.79 Å². The summed E-state index contributed by atoms with van der Waals surface area (Å²) in [6.07, 6.45) is 3.54. The SMILES string of the molecule is CC(=O)[C@H]1C[C@H]2CC[C@H]([C@H]1c1ccccc1)N2C. The highest BCUT2D eigenvalue weighted by atomic mass is 16.1. The summed E-state index contributed by atoms with van der Waals surface area (Å²) in [4.78, 5) is 14.5. The number of fused-ring (bicyclic) bond motifs is 2. The minimum atomic E-state index is 0.223. The fourth-order valence-electron chi connectivity index (χ4n) is 4.01. The first kappa shape index (κ1) is 11.9. The second-order valence-electron chi connectivity index (χ2n) is 5.85. The quantitative estimate of drug-likeness (QED) is 0.796. The number of carbonyl (C=O) groups excluding carboxylic acids is 1. The van der Waals surface area contributed by atoms with Crippen LogP contribution in [0.4, 0.5) is 0 Å². The molecule has 3 rings (SSSR count). The molecule has 96 valence electrons. The number of likely N-dealkylation sites (N-methyl/N-ethyl adjacent to an activating group) is 1. The van der Waals surface area contributed by atoms with Crippen LogP contribution in [0.25, 0.3) is 0 Å². The average Bonchev–Trinajstić information content (AvgIpc) is 2.63. The first-order chi connectivity index (χ1) is 8.68. The van der Waals surface area contributed by atoms with Gasteiger partial charge in [-0.05, 0) is 38.8 Å². The lowest BCUT2D eigenvalue weighted by Crippen LogP contribution is -2.47. The maximum Gasteiger partial charge on any atom is 0.133 e. The maximum atomic E-state index is 12.0. The average molecular weight is 243 g/mol. The van der Waals surface area contributed by atoms with Crippen LogP contribution in [-0.2, 0) is 4.79 Å². The minimum Gasteiger partial charge on any atom is -0.300 e. The monoisotopic (exact) mass is 243 g/mol. The Bertz CT molecular complexity index is 442. The van der Waals surface area contributed by atoms with Gasteiger partial charge in [-0.15, -0.1) is 0 Å². The Labute approximate surface area is 109 Å². The summed E-state index contributed by atoms with van der Waals surface area (Å²) in [5.74, 6) is 0.988. The molecule has 2 aliphatic rings. The second-order valence-corrected chi connectivity index (χ2v) is 5.85. The lowest BCUT2D eigenvalue weighted by molar-refractivity contribution is -0.123. The molecule has 2 fully saturated rings. The third kappa shape index (κ3) is 1.79. The van der Waals surface area contributed by atoms with Crippen LogP contribution in [0.15, 0.2) is 30.3 Å². The summed E-state index contributed by atoms with van der Waals surface area (Å²) in [5, 5.41) is 0. The summed E-state index contributed by atoms with van der Waals surface area (Å²) in [6.45, 7) is 1.77. The van der Waals surface area contributed by atoms with Crippen LogP contribution in [0.3, 0.4) is 0 Å². The van der Waals surface area contributed by atoms with Crippen LogP contribution in [0.5, 0.6) is 0 Å². The van der Waals surface area contributed by atoms with Crippen molar-refractivity contribution in [3.63, 3.8) is 0 Å². The van der Waals surface area contributed by atoms with Gasteiger partial charge in [0.15, 0.2) is 0 Å². The summed E-state index contributed by atoms with van der Waals surface area (Å²) in [6, 6.07) is 11.8. The molecule has 2 aliphatic heterocycles. The molecule has 1 aromatic rings. The van der Waals surface area contributed by atoms with E-state index in [4.69, 9.17) is 0 Å². The van der Waals surface area contributed by atoms with Gasteiger partial charge in [-0.1, -0.05) is 30.3 Å². The van der Waals surface area contributed by atoms with Gasteiger partial charge in [0.1, 0.15) is 5.78 Å². The molecule has 2 heteroatoms. The molecule has 1 aromatic carbocycles. The van der Waals surface area contributed by atoms with E-state index in [0.29, 0.717) is 23.8 Å². The molecule has 4 atom stereocenters. The van der Waals surface area contributed by atoms with Gasteiger partial charge in [-0.3, -0.25) is 9.69 Å². The first-order valence-corrected chi connectivity index (χ1v) is 6.96. The zero-order chi connectivity index (χ0) is 12.7. The summed E-state index contributed by atoms with van der Waals surface area (Å²) < 4.78 is 0. The highest BCUT2D eigenvalue weighted by Crippen LogP contribution is 2.46. The molecule has 0 radical (unpaired) electrons. The molecule has 2 heterocycles. The Balaban J connectivity index is 1.99. The van der Waals surface area contributed by atoms with E-state index >= 15 is 0 Å². The smallest absolute Gasteiger partial charge is 0.133 e. The predicted octanol–water partition coefficient (Wildman–Crippen LogP) is 2.84. The van der Waals surface area contributed by atoms with Crippen LogP contribution in [0.2, 0.25) is 0 Å². The number of benzene rings is 1. The van der Waals surface area contributed by atoms with Gasteiger partial charge < -0.3 is 0 Å². The number of carbonyl (C=O) groups is 1. The number of nitrogens with zero attached hydrogens (tertiary/aromatic N) is 1. The molecule has 2 saturated heterocycles. The molecule has 0 aliphatic carbocycles. The highest BCUT2D eigenvalue weighted by molar-refractivity contribution is 5.80. The molecule has 0 N–H and O–H groups in total. The van der Waals surface area contributed by atoms with Crippen LogP contribution < -0.4 is 0 Å². The second kappa shape index (κ2) is 4.51. The van der Waals surface area contributed by atoms with Crippen molar-refractivity contribution in [2.75, 3.05) is 7.05 Å². The van der Waals surface area contributed by atoms with E-state index in [-0.39, 0.29) is 5.92 Å². The van der Waals surface area contributed by atoms with E-state index in [2.05, 4.69) is 42.3 Å². The Morgan fingerprint density at radius 3 is 2.61 bits per heavy atom. The minimum absolute atomic E-state index is 0.223. The van der Waals surface area contributed by atoms with E-state index in [1.165, 1.54) is 18.4 Å². The zero-order valence-corrected chi connectivity index (χ0v) is 11.2. The predicted molar refractivity (Wildman–Crippen MR) is 72.5 cm³/mol. The van der Waals surface area contributed by atoms with Gasteiger partial charge in [0.2, 0.25) is 0 Å². The number of rotatable bonds is 2. The molecule has 0 aromatic heterocycles. The Kier molecular flexibility index (Phi) is 2.98. The van der Waals surface area contributed by atoms with Gasteiger partial charge in [-0.25, -0.2) is 0 Å². The fraction of sp³-hybridized carbons (Fsp3) is 0.562. The van der Waals surface area contributed by atoms with Gasteiger partial charge in [0.05, 0.1) is 0 Å². The maximum absolute atomic E-state index is 12.0. The molecule has 0 saturated carbocycles. The lowest BCUT2D eigenvalue weighted by atomic mass is 9.74. The van der Waals surface area contributed by atoms with E-state index < -0.39 is 0 Å². The number of ketones is 1. The van der Waals surface area contributed by atoms with Crippen molar-refractivity contribution in [2.24, 2.45) is 5.92 Å². The molecular weight excluding hydrogens is 222 g/mol. The van der Waals surface area contributed by atoms with Crippen molar-refractivity contribution in [3.05, 3.63) is 35.9 Å². The lowest BCUT2D eigenvalue weighted by Gasteiger charge is -2.42. The van der Waals surface area contributed by atoms with Crippen LogP contribution in [0.1, 0.15) is 37.7 Å². The van der Waals surface area contributed by atoms with Crippen molar-refractivity contribution in [1.82, 2.24) is 4.90 Å². The molecule has 0 amide bonds. The largest absolute Gasteiger partial charge is 0.300 e. The Morgan fingerprint density at radius 1 is 1.22 bits per heavy atom. The Morgan fingerprint density at radius 2 is 1.94 bits per heavy atom. The van der Waals surface area contributed by atoms with E-state index in [1.54, 1.807) is 6.92 Å². The van der Waals surface area contributed by atoms with Crippen LogP contribution >= 0.6 is 0 Å². The summed E-state index contributed by atoms with van der Waals surface area (Å²) in [5.41, 5.74) is 1.34. The standard InChI is InChI=1S/C16H21NO/c1-11(18)14-10-13-8-9-15(17(13)2)16(14)12-6-4-3-5-7-12/h3-7,13-16H,8-10H2,1-2H3/t13-,14-,15-,16+/m1/s1. The summed E-state index contributed by atoms with van der Waals surface area (Å²) >= 11 is 0. The number of piperidine rings is 1.